The van der Waals surface area contributed by atoms with Gasteiger partial charge in [0.1, 0.15) is 5.69 Å². The minimum Gasteiger partial charge on any atom is -0.349 e. The Morgan fingerprint density at radius 1 is 1.00 bits per heavy atom. The molecule has 0 bridgehead atoms. The van der Waals surface area contributed by atoms with Crippen LogP contribution in [0.1, 0.15) is 52.1 Å². The largest absolute Gasteiger partial charge is 0.416 e. The zero-order chi connectivity index (χ0) is 19.4. The van der Waals surface area contributed by atoms with Crippen LogP contribution in [-0.4, -0.2) is 22.8 Å². The minimum absolute atomic E-state index is 0.00831. The van der Waals surface area contributed by atoms with Crippen LogP contribution >= 0.6 is 0 Å². The van der Waals surface area contributed by atoms with Crippen LogP contribution in [0.15, 0.2) is 42.6 Å². The summed E-state index contributed by atoms with van der Waals surface area (Å²) in [6.07, 6.45) is 0.969. The van der Waals surface area contributed by atoms with E-state index in [1.165, 1.54) is 18.3 Å². The Labute approximate surface area is 154 Å². The number of nitrogens with zero attached hydrogens (tertiary/aromatic N) is 1. The molecule has 1 aliphatic carbocycles. The third kappa shape index (κ3) is 4.84. The van der Waals surface area contributed by atoms with Gasteiger partial charge in [-0.1, -0.05) is 12.8 Å². The smallest absolute Gasteiger partial charge is 0.349 e. The first-order chi connectivity index (χ1) is 12.8. The first-order valence-electron chi connectivity index (χ1n) is 8.58. The molecule has 2 aromatic rings. The second-order valence-electron chi connectivity index (χ2n) is 6.41. The van der Waals surface area contributed by atoms with Crippen molar-refractivity contribution in [2.24, 2.45) is 0 Å². The molecule has 8 heteroatoms. The molecule has 2 N–H and O–H groups in total. The summed E-state index contributed by atoms with van der Waals surface area (Å²) >= 11 is 0. The Morgan fingerprint density at radius 3 is 2.30 bits per heavy atom. The Morgan fingerprint density at radius 2 is 1.67 bits per heavy atom. The standard InChI is InChI=1S/C19H18F3N3O2/c20-19(21,22)13-5-7-15(8-6-13)25-18(27)16-11-12(9-10-23-16)17(26)24-14-3-1-2-4-14/h5-11,14H,1-4H2,(H,24,26)(H,25,27). The summed E-state index contributed by atoms with van der Waals surface area (Å²) in [5, 5.41) is 5.40. The molecule has 0 saturated heterocycles. The van der Waals surface area contributed by atoms with Gasteiger partial charge in [0.15, 0.2) is 0 Å². The van der Waals surface area contributed by atoms with E-state index < -0.39 is 17.6 Å². The summed E-state index contributed by atoms with van der Waals surface area (Å²) in [6, 6.07) is 7.12. The first-order valence-corrected chi connectivity index (χ1v) is 8.58. The van der Waals surface area contributed by atoms with E-state index in [0.29, 0.717) is 5.56 Å². The number of carbonyl (C=O) groups excluding carboxylic acids is 2. The molecule has 0 unspecified atom stereocenters. The van der Waals surface area contributed by atoms with Crippen molar-refractivity contribution in [2.75, 3.05) is 5.32 Å². The molecule has 0 atom stereocenters. The lowest BCUT2D eigenvalue weighted by Gasteiger charge is -2.12. The lowest BCUT2D eigenvalue weighted by molar-refractivity contribution is -0.137. The van der Waals surface area contributed by atoms with E-state index in [9.17, 15) is 22.8 Å². The second-order valence-corrected chi connectivity index (χ2v) is 6.41. The lowest BCUT2D eigenvalue weighted by atomic mass is 10.1. The van der Waals surface area contributed by atoms with Gasteiger partial charge in [-0.15, -0.1) is 0 Å². The van der Waals surface area contributed by atoms with Crippen molar-refractivity contribution in [3.8, 4) is 0 Å². The maximum atomic E-state index is 12.6. The predicted octanol–water partition coefficient (Wildman–Crippen LogP) is 4.03. The number of anilines is 1. The van der Waals surface area contributed by atoms with Gasteiger partial charge >= 0.3 is 6.18 Å². The van der Waals surface area contributed by atoms with Crippen LogP contribution < -0.4 is 10.6 Å². The fourth-order valence-electron chi connectivity index (χ4n) is 2.97. The van der Waals surface area contributed by atoms with Gasteiger partial charge in [0.2, 0.25) is 0 Å². The van der Waals surface area contributed by atoms with Crippen LogP contribution in [0.25, 0.3) is 0 Å². The Balaban J connectivity index is 1.67. The fraction of sp³-hybridized carbons (Fsp3) is 0.316. The highest BCUT2D eigenvalue weighted by Crippen LogP contribution is 2.29. The minimum atomic E-state index is -4.44. The molecular formula is C19H18F3N3O2. The van der Waals surface area contributed by atoms with Gasteiger partial charge in [0, 0.05) is 23.5 Å². The monoisotopic (exact) mass is 377 g/mol. The van der Waals surface area contributed by atoms with Crippen LogP contribution in [-0.2, 0) is 6.18 Å². The van der Waals surface area contributed by atoms with Crippen molar-refractivity contribution in [1.29, 1.82) is 0 Å². The molecule has 0 radical (unpaired) electrons. The van der Waals surface area contributed by atoms with Gasteiger partial charge in [0.25, 0.3) is 11.8 Å². The number of benzene rings is 1. The maximum absolute atomic E-state index is 12.6. The van der Waals surface area contributed by atoms with Gasteiger partial charge in [-0.2, -0.15) is 13.2 Å². The van der Waals surface area contributed by atoms with Gasteiger partial charge in [-0.05, 0) is 49.2 Å². The highest BCUT2D eigenvalue weighted by Gasteiger charge is 2.30. The van der Waals surface area contributed by atoms with Crippen molar-refractivity contribution < 1.29 is 22.8 Å². The third-order valence-corrected chi connectivity index (χ3v) is 4.42. The van der Waals surface area contributed by atoms with E-state index in [0.717, 1.165) is 49.9 Å². The molecule has 5 nitrogen and oxygen atoms in total. The van der Waals surface area contributed by atoms with Crippen LogP contribution in [0.3, 0.4) is 0 Å². The molecule has 27 heavy (non-hydrogen) atoms. The zero-order valence-corrected chi connectivity index (χ0v) is 14.3. The Hall–Kier alpha value is -2.90. The number of amides is 2. The fourth-order valence-corrected chi connectivity index (χ4v) is 2.97. The van der Waals surface area contributed by atoms with Gasteiger partial charge < -0.3 is 10.6 Å². The number of hydrogen-bond acceptors (Lipinski definition) is 3. The number of nitrogens with one attached hydrogen (secondary N) is 2. The van der Waals surface area contributed by atoms with E-state index in [1.807, 2.05) is 0 Å². The van der Waals surface area contributed by atoms with E-state index in [1.54, 1.807) is 0 Å². The first kappa shape index (κ1) is 18.9. The van der Waals surface area contributed by atoms with Crippen molar-refractivity contribution >= 4 is 17.5 Å². The van der Waals surface area contributed by atoms with Gasteiger partial charge in [-0.3, -0.25) is 14.6 Å². The number of aromatic nitrogens is 1. The molecule has 1 aromatic heterocycles. The normalized spacial score (nSPS) is 14.8. The molecule has 1 aliphatic rings. The molecule has 3 rings (SSSR count). The summed E-state index contributed by atoms with van der Waals surface area (Å²) in [5.74, 6) is -0.877. The van der Waals surface area contributed by atoms with E-state index in [-0.39, 0.29) is 23.3 Å². The summed E-state index contributed by atoms with van der Waals surface area (Å²) < 4.78 is 37.7. The van der Waals surface area contributed by atoms with Crippen molar-refractivity contribution in [1.82, 2.24) is 10.3 Å². The molecule has 1 aromatic carbocycles. The molecule has 2 amide bonds. The van der Waals surface area contributed by atoms with E-state index >= 15 is 0 Å². The maximum Gasteiger partial charge on any atom is 0.416 e. The van der Waals surface area contributed by atoms with Crippen molar-refractivity contribution in [3.63, 3.8) is 0 Å². The number of carbonyl (C=O) groups is 2. The van der Waals surface area contributed by atoms with Crippen molar-refractivity contribution in [2.45, 2.75) is 37.9 Å². The van der Waals surface area contributed by atoms with E-state index in [4.69, 9.17) is 0 Å². The lowest BCUT2D eigenvalue weighted by Crippen LogP contribution is -2.32. The van der Waals surface area contributed by atoms with Crippen molar-refractivity contribution in [3.05, 3.63) is 59.4 Å². The number of hydrogen-bond donors (Lipinski definition) is 2. The highest BCUT2D eigenvalue weighted by atomic mass is 19.4. The Bertz CT molecular complexity index is 829. The zero-order valence-electron chi connectivity index (χ0n) is 14.3. The van der Waals surface area contributed by atoms with E-state index in [2.05, 4.69) is 15.6 Å². The molecule has 1 fully saturated rings. The predicted molar refractivity (Wildman–Crippen MR) is 93.4 cm³/mol. The SMILES string of the molecule is O=C(NC1CCCC1)c1ccnc(C(=O)Nc2ccc(C(F)(F)F)cc2)c1. The van der Waals surface area contributed by atoms with Crippen LogP contribution in [0, 0.1) is 0 Å². The number of alkyl halides is 3. The topological polar surface area (TPSA) is 71.1 Å². The summed E-state index contributed by atoms with van der Waals surface area (Å²) in [6.45, 7) is 0. The van der Waals surface area contributed by atoms with Crippen LogP contribution in [0.4, 0.5) is 18.9 Å². The van der Waals surface area contributed by atoms with Crippen LogP contribution in [0.2, 0.25) is 0 Å². The Kier molecular flexibility index (Phi) is 5.43. The van der Waals surface area contributed by atoms with Gasteiger partial charge in [0.05, 0.1) is 5.56 Å². The average Bonchev–Trinajstić information content (AvgIpc) is 3.14. The summed E-state index contributed by atoms with van der Waals surface area (Å²) in [7, 11) is 0. The molecule has 142 valence electrons. The molecule has 1 saturated carbocycles. The number of pyridine rings is 1. The quantitative estimate of drug-likeness (QED) is 0.845. The average molecular weight is 377 g/mol. The number of rotatable bonds is 4. The molecule has 1 heterocycles. The number of halogens is 3. The molecule has 0 spiro atoms. The summed E-state index contributed by atoms with van der Waals surface area (Å²) in [4.78, 5) is 28.5. The molecule has 0 aliphatic heterocycles. The molecular weight excluding hydrogens is 359 g/mol. The third-order valence-electron chi connectivity index (χ3n) is 4.42. The van der Waals surface area contributed by atoms with Crippen LogP contribution in [0.5, 0.6) is 0 Å². The van der Waals surface area contributed by atoms with Gasteiger partial charge in [-0.25, -0.2) is 0 Å². The highest BCUT2D eigenvalue weighted by molar-refractivity contribution is 6.04. The summed E-state index contributed by atoms with van der Waals surface area (Å²) in [5.41, 5.74) is -0.275. The second kappa shape index (κ2) is 7.77.